The van der Waals surface area contributed by atoms with Crippen molar-refractivity contribution >= 4 is 15.8 Å². The molecule has 2 N–H and O–H groups in total. The van der Waals surface area contributed by atoms with Crippen molar-refractivity contribution in [2.75, 3.05) is 18.4 Å². The van der Waals surface area contributed by atoms with Crippen molar-refractivity contribution in [2.24, 2.45) is 0 Å². The zero-order valence-electron chi connectivity index (χ0n) is 12.9. The fourth-order valence-corrected chi connectivity index (χ4v) is 3.91. The van der Waals surface area contributed by atoms with E-state index < -0.39 is 10.0 Å². The van der Waals surface area contributed by atoms with Gasteiger partial charge in [-0.1, -0.05) is 17.7 Å². The fraction of sp³-hybridized carbons (Fsp3) is 0.333. The van der Waals surface area contributed by atoms with Crippen LogP contribution in [-0.2, 0) is 10.0 Å². The van der Waals surface area contributed by atoms with Gasteiger partial charge in [-0.15, -0.1) is 0 Å². The minimum Gasteiger partial charge on any atom is -0.367 e. The summed E-state index contributed by atoms with van der Waals surface area (Å²) < 4.78 is 27.5. The molecule has 0 aliphatic rings. The summed E-state index contributed by atoms with van der Waals surface area (Å²) in [5, 5.41) is 3.01. The van der Waals surface area contributed by atoms with E-state index in [1.165, 1.54) is 0 Å². The molecule has 1 aromatic carbocycles. The van der Waals surface area contributed by atoms with Gasteiger partial charge in [0.15, 0.2) is 0 Å². The highest BCUT2D eigenvalue weighted by atomic mass is 32.2. The molecule has 22 heavy (non-hydrogen) atoms. The van der Waals surface area contributed by atoms with Crippen LogP contribution in [0.1, 0.15) is 16.7 Å². The molecule has 0 atom stereocenters. The normalized spacial score (nSPS) is 11.4. The Morgan fingerprint density at radius 2 is 1.73 bits per heavy atom. The Hall–Kier alpha value is -1.99. The third-order valence-electron chi connectivity index (χ3n) is 3.16. The highest BCUT2D eigenvalue weighted by Crippen LogP contribution is 2.21. The summed E-state index contributed by atoms with van der Waals surface area (Å²) in [5.41, 5.74) is 2.57. The molecule has 0 unspecified atom stereocenters. The number of benzene rings is 1. The van der Waals surface area contributed by atoms with Crippen molar-refractivity contribution in [1.82, 2.24) is 14.7 Å². The summed E-state index contributed by atoms with van der Waals surface area (Å²) in [5.74, 6) is 0.615. The zero-order chi connectivity index (χ0) is 16.2. The summed E-state index contributed by atoms with van der Waals surface area (Å²) >= 11 is 0. The molecule has 0 fully saturated rings. The lowest BCUT2D eigenvalue weighted by Crippen LogP contribution is -2.30. The maximum atomic E-state index is 12.4. The molecule has 0 bridgehead atoms. The third kappa shape index (κ3) is 4.02. The Labute approximate surface area is 131 Å². The first-order valence-electron chi connectivity index (χ1n) is 6.97. The van der Waals surface area contributed by atoms with E-state index in [4.69, 9.17) is 0 Å². The summed E-state index contributed by atoms with van der Waals surface area (Å²) in [4.78, 5) is 8.34. The van der Waals surface area contributed by atoms with Gasteiger partial charge in [0.05, 0.1) is 11.1 Å². The van der Waals surface area contributed by atoms with Gasteiger partial charge in [0.1, 0.15) is 5.82 Å². The second kappa shape index (κ2) is 6.85. The SMILES string of the molecule is Cc1cc(C)c(S(=O)(=O)NCCNc2cnccn2)c(C)c1. The standard InChI is InChI=1S/C15H20N4O2S/c1-11-8-12(2)15(13(3)9-11)22(20,21)19-7-6-18-14-10-16-4-5-17-14/h4-5,8-10,19H,6-7H2,1-3H3,(H,17,18). The Kier molecular flexibility index (Phi) is 5.10. The van der Waals surface area contributed by atoms with Crippen LogP contribution in [0, 0.1) is 20.8 Å². The monoisotopic (exact) mass is 320 g/mol. The smallest absolute Gasteiger partial charge is 0.241 e. The van der Waals surface area contributed by atoms with Gasteiger partial charge in [-0.2, -0.15) is 0 Å². The first kappa shape index (κ1) is 16.4. The number of aromatic nitrogens is 2. The number of nitrogens with one attached hydrogen (secondary N) is 2. The highest BCUT2D eigenvalue weighted by Gasteiger charge is 2.19. The molecule has 0 saturated heterocycles. The van der Waals surface area contributed by atoms with Gasteiger partial charge in [0.25, 0.3) is 0 Å². The van der Waals surface area contributed by atoms with Crippen LogP contribution in [0.3, 0.4) is 0 Å². The molecule has 1 aromatic heterocycles. The van der Waals surface area contributed by atoms with Crippen LogP contribution >= 0.6 is 0 Å². The van der Waals surface area contributed by atoms with E-state index in [1.54, 1.807) is 18.6 Å². The van der Waals surface area contributed by atoms with E-state index in [-0.39, 0.29) is 6.54 Å². The third-order valence-corrected chi connectivity index (χ3v) is 4.93. The Balaban J connectivity index is 2.00. The van der Waals surface area contributed by atoms with E-state index >= 15 is 0 Å². The van der Waals surface area contributed by atoms with Crippen LogP contribution in [0.2, 0.25) is 0 Å². The second-order valence-electron chi connectivity index (χ2n) is 5.14. The molecule has 2 rings (SSSR count). The van der Waals surface area contributed by atoms with Crippen LogP contribution < -0.4 is 10.0 Å². The van der Waals surface area contributed by atoms with Gasteiger partial charge >= 0.3 is 0 Å². The lowest BCUT2D eigenvalue weighted by Gasteiger charge is -2.13. The van der Waals surface area contributed by atoms with Crippen LogP contribution in [0.5, 0.6) is 0 Å². The van der Waals surface area contributed by atoms with Gasteiger partial charge in [-0.3, -0.25) is 4.98 Å². The van der Waals surface area contributed by atoms with Crippen LogP contribution in [-0.4, -0.2) is 31.5 Å². The first-order chi connectivity index (χ1) is 10.4. The topological polar surface area (TPSA) is 84.0 Å². The zero-order valence-corrected chi connectivity index (χ0v) is 13.7. The molecule has 0 saturated carbocycles. The van der Waals surface area contributed by atoms with Crippen molar-refractivity contribution in [3.63, 3.8) is 0 Å². The summed E-state index contributed by atoms with van der Waals surface area (Å²) in [6.45, 7) is 6.28. The molecule has 0 radical (unpaired) electrons. The predicted molar refractivity (Wildman–Crippen MR) is 86.4 cm³/mol. The lowest BCUT2D eigenvalue weighted by molar-refractivity contribution is 0.581. The van der Waals surface area contributed by atoms with Crippen molar-refractivity contribution in [1.29, 1.82) is 0 Å². The maximum Gasteiger partial charge on any atom is 0.241 e. The van der Waals surface area contributed by atoms with Crippen molar-refractivity contribution in [3.05, 3.63) is 47.4 Å². The minimum atomic E-state index is -3.52. The number of sulfonamides is 1. The second-order valence-corrected chi connectivity index (χ2v) is 6.85. The summed E-state index contributed by atoms with van der Waals surface area (Å²) in [6, 6.07) is 3.75. The average Bonchev–Trinajstić information content (AvgIpc) is 2.43. The Morgan fingerprint density at radius 1 is 1.05 bits per heavy atom. The van der Waals surface area contributed by atoms with Gasteiger partial charge in [-0.05, 0) is 31.9 Å². The van der Waals surface area contributed by atoms with Gasteiger partial charge < -0.3 is 5.32 Å². The Bertz CT molecular complexity index is 722. The summed E-state index contributed by atoms with van der Waals surface area (Å²) in [7, 11) is -3.52. The molecular formula is C15H20N4O2S. The van der Waals surface area contributed by atoms with Gasteiger partial charge in [-0.25, -0.2) is 18.1 Å². The largest absolute Gasteiger partial charge is 0.367 e. The number of hydrogen-bond donors (Lipinski definition) is 2. The fourth-order valence-electron chi connectivity index (χ4n) is 2.43. The lowest BCUT2D eigenvalue weighted by atomic mass is 10.1. The molecule has 0 spiro atoms. The van der Waals surface area contributed by atoms with E-state index in [9.17, 15) is 8.42 Å². The van der Waals surface area contributed by atoms with E-state index in [0.717, 1.165) is 16.7 Å². The maximum absolute atomic E-state index is 12.4. The number of aryl methyl sites for hydroxylation is 3. The molecule has 0 aliphatic carbocycles. The predicted octanol–water partition coefficient (Wildman–Crippen LogP) is 1.79. The van der Waals surface area contributed by atoms with Crippen LogP contribution in [0.4, 0.5) is 5.82 Å². The molecule has 6 nitrogen and oxygen atoms in total. The van der Waals surface area contributed by atoms with Crippen LogP contribution in [0.15, 0.2) is 35.6 Å². The van der Waals surface area contributed by atoms with E-state index in [2.05, 4.69) is 20.0 Å². The molecule has 1 heterocycles. The quantitative estimate of drug-likeness (QED) is 0.793. The minimum absolute atomic E-state index is 0.270. The average molecular weight is 320 g/mol. The molecule has 0 amide bonds. The molecule has 118 valence electrons. The van der Waals surface area contributed by atoms with Crippen molar-refractivity contribution in [2.45, 2.75) is 25.7 Å². The van der Waals surface area contributed by atoms with Crippen LogP contribution in [0.25, 0.3) is 0 Å². The first-order valence-corrected chi connectivity index (χ1v) is 8.46. The Morgan fingerprint density at radius 3 is 2.32 bits per heavy atom. The summed E-state index contributed by atoms with van der Waals surface area (Å²) in [6.07, 6.45) is 4.74. The molecule has 2 aromatic rings. The molecule has 7 heteroatoms. The number of hydrogen-bond acceptors (Lipinski definition) is 5. The van der Waals surface area contributed by atoms with E-state index in [0.29, 0.717) is 17.3 Å². The molecular weight excluding hydrogens is 300 g/mol. The van der Waals surface area contributed by atoms with Gasteiger partial charge in [0.2, 0.25) is 10.0 Å². The van der Waals surface area contributed by atoms with Crippen molar-refractivity contribution < 1.29 is 8.42 Å². The van der Waals surface area contributed by atoms with Gasteiger partial charge in [0, 0.05) is 25.5 Å². The van der Waals surface area contributed by atoms with E-state index in [1.807, 2.05) is 32.9 Å². The van der Waals surface area contributed by atoms with Crippen molar-refractivity contribution in [3.8, 4) is 0 Å². The number of anilines is 1. The number of nitrogens with zero attached hydrogens (tertiary/aromatic N) is 2. The molecule has 0 aliphatic heterocycles. The highest BCUT2D eigenvalue weighted by molar-refractivity contribution is 7.89. The number of rotatable bonds is 6.